The number of thiophene rings is 1. The van der Waals surface area contributed by atoms with Crippen LogP contribution in [0, 0.1) is 5.92 Å². The van der Waals surface area contributed by atoms with Gasteiger partial charge < -0.3 is 14.6 Å². The van der Waals surface area contributed by atoms with Gasteiger partial charge in [0.25, 0.3) is 0 Å². The van der Waals surface area contributed by atoms with Crippen LogP contribution in [0.1, 0.15) is 41.7 Å². The summed E-state index contributed by atoms with van der Waals surface area (Å²) < 4.78 is 34.9. The Bertz CT molecular complexity index is 1600. The summed E-state index contributed by atoms with van der Waals surface area (Å²) in [7, 11) is -2.77. The molecule has 0 aliphatic rings. The van der Waals surface area contributed by atoms with E-state index in [1.54, 1.807) is 6.92 Å². The number of sulfonamides is 1. The number of nitrogens with zero attached hydrogens (tertiary/aromatic N) is 2. The number of carbonyl (C=O) groups excluding carboxylic acids is 2. The molecule has 0 saturated heterocycles. The van der Waals surface area contributed by atoms with Crippen LogP contribution in [0.3, 0.4) is 0 Å². The number of aromatic nitrogens is 2. The van der Waals surface area contributed by atoms with Crippen LogP contribution in [0.15, 0.2) is 60.7 Å². The van der Waals surface area contributed by atoms with E-state index in [-0.39, 0.29) is 42.0 Å². The van der Waals surface area contributed by atoms with Gasteiger partial charge in [0.2, 0.25) is 5.88 Å². The second-order valence-corrected chi connectivity index (χ2v) is 12.3. The molecule has 0 radical (unpaired) electrons. The fourth-order valence-electron chi connectivity index (χ4n) is 4.29. The molecule has 0 bridgehead atoms. The number of carbonyl (C=O) groups is 2. The number of ether oxygens (including phenoxy) is 1. The standard InChI is InChI=1S/C29H32N4O5S2.Na.H/c1-5-30-29(35)40(36,37)32-28-24(16-23(39-28)15-19(2)3)21-13-11-20(12-14-21)17-33-25(18-34)27(38-4)31-26(33)22-9-7-6-8-10-22;;/h6-14,16,18-19,32H,5,15,17H2,1-4H3,(H,30,35);;. The molecular weight excluding hydrogens is 571 g/mol. The number of aldehydes is 1. The Balaban J connectivity index is 0.00000462. The minimum absolute atomic E-state index is 0. The van der Waals surface area contributed by atoms with E-state index in [0.29, 0.717) is 34.5 Å². The van der Waals surface area contributed by atoms with E-state index < -0.39 is 15.3 Å². The molecule has 4 aromatic rings. The molecule has 0 saturated carbocycles. The van der Waals surface area contributed by atoms with Gasteiger partial charge in [-0.1, -0.05) is 68.4 Å². The summed E-state index contributed by atoms with van der Waals surface area (Å²) in [5.41, 5.74) is 3.59. The molecule has 2 aromatic heterocycles. The molecule has 41 heavy (non-hydrogen) atoms. The predicted molar refractivity (Wildman–Crippen MR) is 166 cm³/mol. The van der Waals surface area contributed by atoms with Crippen LogP contribution in [0.5, 0.6) is 5.88 Å². The van der Waals surface area contributed by atoms with Gasteiger partial charge in [-0.25, -0.2) is 0 Å². The van der Waals surface area contributed by atoms with Gasteiger partial charge in [-0.3, -0.25) is 14.3 Å². The molecule has 212 valence electrons. The number of hydrogen-bond acceptors (Lipinski definition) is 7. The zero-order valence-corrected chi connectivity index (χ0v) is 24.4. The second-order valence-electron chi connectivity index (χ2n) is 9.57. The van der Waals surface area contributed by atoms with E-state index in [0.717, 1.165) is 34.3 Å². The summed E-state index contributed by atoms with van der Waals surface area (Å²) in [6.45, 7) is 6.42. The van der Waals surface area contributed by atoms with Crippen LogP contribution in [-0.2, 0) is 23.0 Å². The Morgan fingerprint density at radius 2 is 1.78 bits per heavy atom. The summed E-state index contributed by atoms with van der Waals surface area (Å²) in [4.78, 5) is 29.7. The topological polar surface area (TPSA) is 119 Å². The van der Waals surface area contributed by atoms with Crippen molar-refractivity contribution in [3.63, 3.8) is 0 Å². The van der Waals surface area contributed by atoms with Crippen molar-refractivity contribution in [2.45, 2.75) is 33.7 Å². The van der Waals surface area contributed by atoms with E-state index in [2.05, 4.69) is 28.9 Å². The average Bonchev–Trinajstić information content (AvgIpc) is 3.49. The summed E-state index contributed by atoms with van der Waals surface area (Å²) in [6.07, 6.45) is 1.51. The van der Waals surface area contributed by atoms with E-state index in [9.17, 15) is 18.0 Å². The third-order valence-electron chi connectivity index (χ3n) is 6.10. The van der Waals surface area contributed by atoms with Crippen LogP contribution < -0.4 is 14.8 Å². The quantitative estimate of drug-likeness (QED) is 0.180. The van der Waals surface area contributed by atoms with Crippen LogP contribution in [0.2, 0.25) is 0 Å². The summed E-state index contributed by atoms with van der Waals surface area (Å²) >= 11 is 1.33. The number of anilines is 1. The summed E-state index contributed by atoms with van der Waals surface area (Å²) in [5, 5.41) is 1.67. The monoisotopic (exact) mass is 604 g/mol. The van der Waals surface area contributed by atoms with Crippen LogP contribution >= 0.6 is 11.3 Å². The van der Waals surface area contributed by atoms with Gasteiger partial charge in [-0.2, -0.15) is 13.4 Å². The molecule has 0 aliphatic carbocycles. The summed E-state index contributed by atoms with van der Waals surface area (Å²) in [6, 6.07) is 19.2. The number of nitrogens with one attached hydrogen (secondary N) is 2. The predicted octanol–water partition coefficient (Wildman–Crippen LogP) is 5.17. The minimum atomic E-state index is -4.25. The SMILES string of the molecule is CCNC(=O)S(=O)(=O)Nc1sc(CC(C)C)cc1-c1ccc(Cn2c(-c3ccccc3)nc(OC)c2C=O)cc1.[NaH]. The molecule has 1 amide bonds. The van der Waals surface area contributed by atoms with Gasteiger partial charge in [0, 0.05) is 29.1 Å². The van der Waals surface area contributed by atoms with Crippen molar-refractivity contribution in [3.05, 3.63) is 76.8 Å². The second kappa shape index (κ2) is 14.3. The number of methoxy groups -OCH3 is 1. The zero-order valence-electron chi connectivity index (χ0n) is 22.8. The molecule has 0 atom stereocenters. The molecule has 0 fully saturated rings. The van der Waals surface area contributed by atoms with Crippen LogP contribution in [-0.4, -0.2) is 72.7 Å². The molecule has 2 aromatic carbocycles. The van der Waals surface area contributed by atoms with Crippen LogP contribution in [0.25, 0.3) is 22.5 Å². The van der Waals surface area contributed by atoms with E-state index in [1.165, 1.54) is 18.4 Å². The average molecular weight is 605 g/mol. The van der Waals surface area contributed by atoms with Gasteiger partial charge in [0.15, 0.2) is 6.29 Å². The van der Waals surface area contributed by atoms with Gasteiger partial charge >= 0.3 is 44.8 Å². The first-order valence-electron chi connectivity index (χ1n) is 12.8. The van der Waals surface area contributed by atoms with Crippen molar-refractivity contribution in [1.82, 2.24) is 14.9 Å². The number of amides is 1. The molecule has 12 heteroatoms. The first-order chi connectivity index (χ1) is 19.2. The molecule has 2 N–H and O–H groups in total. The Hall–Kier alpha value is -2.96. The van der Waals surface area contributed by atoms with Crippen molar-refractivity contribution in [2.75, 3.05) is 18.4 Å². The number of benzene rings is 2. The van der Waals surface area contributed by atoms with Gasteiger partial charge in [-0.05, 0) is 36.5 Å². The normalized spacial score (nSPS) is 11.1. The molecule has 0 unspecified atom stereocenters. The molecule has 2 heterocycles. The van der Waals surface area contributed by atoms with Gasteiger partial charge in [0.1, 0.15) is 16.5 Å². The van der Waals surface area contributed by atoms with E-state index in [4.69, 9.17) is 4.74 Å². The molecule has 0 aliphatic heterocycles. The Morgan fingerprint density at radius 1 is 1.10 bits per heavy atom. The third kappa shape index (κ3) is 7.66. The Morgan fingerprint density at radius 3 is 2.37 bits per heavy atom. The van der Waals surface area contributed by atoms with Gasteiger partial charge in [-0.15, -0.1) is 11.3 Å². The number of hydrogen-bond donors (Lipinski definition) is 2. The molecule has 0 spiro atoms. The Labute approximate surface area is 266 Å². The van der Waals surface area contributed by atoms with Crippen LogP contribution in [0.4, 0.5) is 9.80 Å². The maximum absolute atomic E-state index is 12.6. The van der Waals surface area contributed by atoms with Crippen molar-refractivity contribution < 1.29 is 22.7 Å². The van der Waals surface area contributed by atoms with E-state index >= 15 is 0 Å². The van der Waals surface area contributed by atoms with E-state index in [1.807, 2.05) is 65.2 Å². The van der Waals surface area contributed by atoms with Gasteiger partial charge in [0.05, 0.1) is 7.11 Å². The van der Waals surface area contributed by atoms with Crippen molar-refractivity contribution >= 4 is 67.4 Å². The molecular formula is C29H33N4NaO5S2. The Kier molecular flexibility index (Phi) is 11.3. The first kappa shape index (κ1) is 32.6. The summed E-state index contributed by atoms with van der Waals surface area (Å²) in [5.74, 6) is 1.24. The van der Waals surface area contributed by atoms with Crippen molar-refractivity contribution in [3.8, 4) is 28.4 Å². The third-order valence-corrected chi connectivity index (χ3v) is 8.41. The maximum atomic E-state index is 12.6. The fourth-order valence-corrected chi connectivity index (χ4v) is 6.71. The van der Waals surface area contributed by atoms with Crippen molar-refractivity contribution in [1.29, 1.82) is 0 Å². The van der Waals surface area contributed by atoms with Crippen molar-refractivity contribution in [2.24, 2.45) is 5.92 Å². The number of imidazole rings is 1. The molecule has 4 rings (SSSR count). The zero-order chi connectivity index (χ0) is 28.9. The number of rotatable bonds is 11. The molecule has 9 nitrogen and oxygen atoms in total. The fraction of sp³-hybridized carbons (Fsp3) is 0.276. The first-order valence-corrected chi connectivity index (χ1v) is 15.1.